The second-order valence-corrected chi connectivity index (χ2v) is 3.91. The molecule has 0 fully saturated rings. The molecule has 1 aliphatic heterocycles. The number of nitrogens with zero attached hydrogens (tertiary/aromatic N) is 1. The number of carbonyl (C=O) groups excluding carboxylic acids is 1. The van der Waals surface area contributed by atoms with Gasteiger partial charge >= 0.3 is 0 Å². The zero-order valence-corrected chi connectivity index (χ0v) is 12.0. The fourth-order valence-electron chi connectivity index (χ4n) is 1.57. The topological polar surface area (TPSA) is 57.1 Å². The van der Waals surface area contributed by atoms with Crippen molar-refractivity contribution in [1.29, 1.82) is 0 Å². The number of aldehydes is 1. The molecule has 1 aliphatic rings. The van der Waals surface area contributed by atoms with Gasteiger partial charge in [0.15, 0.2) is 17.8 Å². The van der Waals surface area contributed by atoms with Gasteiger partial charge in [-0.3, -0.25) is 9.79 Å². The van der Waals surface area contributed by atoms with Gasteiger partial charge in [-0.05, 0) is 24.6 Å². The highest BCUT2D eigenvalue weighted by Crippen LogP contribution is 2.10. The Balaban J connectivity index is 2.53. The maximum Gasteiger partial charge on any atom is 0.167 e. The Hall–Kier alpha value is -2.30. The Labute approximate surface area is 118 Å². The minimum atomic E-state index is 0.389. The van der Waals surface area contributed by atoms with Crippen LogP contribution in [0.5, 0.6) is 0 Å². The molecule has 20 heavy (non-hydrogen) atoms. The van der Waals surface area contributed by atoms with Crippen LogP contribution in [0, 0.1) is 0 Å². The Morgan fingerprint density at radius 2 is 2.00 bits per heavy atom. The molecule has 1 heterocycles. The van der Waals surface area contributed by atoms with Gasteiger partial charge in [0.05, 0.1) is 32.7 Å². The van der Waals surface area contributed by atoms with E-state index in [1.807, 2.05) is 13.0 Å². The van der Waals surface area contributed by atoms with Crippen LogP contribution in [-0.4, -0.2) is 39.4 Å². The fourth-order valence-corrected chi connectivity index (χ4v) is 1.57. The van der Waals surface area contributed by atoms with E-state index in [-0.39, 0.29) is 0 Å². The molecule has 0 aromatic heterocycles. The summed E-state index contributed by atoms with van der Waals surface area (Å²) in [5.74, 6) is 1.18. The number of rotatable bonds is 8. The van der Waals surface area contributed by atoms with Gasteiger partial charge in [0.25, 0.3) is 0 Å². The van der Waals surface area contributed by atoms with Crippen LogP contribution in [0.4, 0.5) is 0 Å². The number of hydrogen-bond donors (Lipinski definition) is 0. The monoisotopic (exact) mass is 277 g/mol. The standard InChI is InChI=1S/C15H19NO4/c1-4-5-14(18-2)15(19-3)6-7-20-11-12-8-13(10-17)16-9-12/h4-8,10H,9,11H2,1-3H3/b5-4-,7-6+,15-14-. The van der Waals surface area contributed by atoms with Crippen molar-refractivity contribution in [2.24, 2.45) is 4.99 Å². The Morgan fingerprint density at radius 3 is 2.55 bits per heavy atom. The number of carbonyl (C=O) groups is 1. The first-order valence-corrected chi connectivity index (χ1v) is 6.17. The molecule has 0 spiro atoms. The van der Waals surface area contributed by atoms with Gasteiger partial charge < -0.3 is 14.2 Å². The summed E-state index contributed by atoms with van der Waals surface area (Å²) < 4.78 is 15.8. The van der Waals surface area contributed by atoms with Crippen LogP contribution in [0.2, 0.25) is 0 Å². The molecule has 0 atom stereocenters. The van der Waals surface area contributed by atoms with E-state index in [0.717, 1.165) is 11.9 Å². The number of allylic oxidation sites excluding steroid dienone is 4. The molecule has 0 unspecified atom stereocenters. The van der Waals surface area contributed by atoms with Crippen LogP contribution in [-0.2, 0) is 19.0 Å². The Kier molecular flexibility index (Phi) is 6.89. The second kappa shape index (κ2) is 8.74. The summed E-state index contributed by atoms with van der Waals surface area (Å²) in [5.41, 5.74) is 1.42. The molecule has 108 valence electrons. The molecule has 0 saturated carbocycles. The lowest BCUT2D eigenvalue weighted by molar-refractivity contribution is -0.102. The highest BCUT2D eigenvalue weighted by atomic mass is 16.5. The van der Waals surface area contributed by atoms with Gasteiger partial charge in [0.1, 0.15) is 6.61 Å². The summed E-state index contributed by atoms with van der Waals surface area (Å²) in [7, 11) is 3.14. The fraction of sp³-hybridized carbons (Fsp3) is 0.333. The van der Waals surface area contributed by atoms with E-state index >= 15 is 0 Å². The molecular weight excluding hydrogens is 258 g/mol. The summed E-state index contributed by atoms with van der Waals surface area (Å²) in [4.78, 5) is 14.5. The highest BCUT2D eigenvalue weighted by Gasteiger charge is 2.07. The summed E-state index contributed by atoms with van der Waals surface area (Å²) in [6.07, 6.45) is 9.32. The van der Waals surface area contributed by atoms with Gasteiger partial charge in [-0.25, -0.2) is 0 Å². The lowest BCUT2D eigenvalue weighted by Gasteiger charge is -2.07. The van der Waals surface area contributed by atoms with E-state index in [1.165, 1.54) is 6.26 Å². The van der Waals surface area contributed by atoms with E-state index in [9.17, 15) is 4.79 Å². The van der Waals surface area contributed by atoms with Crippen LogP contribution in [0.15, 0.2) is 52.6 Å². The quantitative estimate of drug-likeness (QED) is 0.387. The number of methoxy groups -OCH3 is 2. The van der Waals surface area contributed by atoms with Crippen LogP contribution in [0.3, 0.4) is 0 Å². The third-order valence-electron chi connectivity index (χ3n) is 2.52. The van der Waals surface area contributed by atoms with Crippen molar-refractivity contribution < 1.29 is 19.0 Å². The summed E-state index contributed by atoms with van der Waals surface area (Å²) >= 11 is 0. The smallest absolute Gasteiger partial charge is 0.167 e. The molecule has 0 radical (unpaired) electrons. The van der Waals surface area contributed by atoms with Crippen molar-refractivity contribution in [2.75, 3.05) is 27.4 Å². The molecule has 1 rings (SSSR count). The van der Waals surface area contributed by atoms with Crippen molar-refractivity contribution in [3.05, 3.63) is 47.7 Å². The van der Waals surface area contributed by atoms with E-state index in [4.69, 9.17) is 14.2 Å². The molecule has 0 aliphatic carbocycles. The third kappa shape index (κ3) is 4.76. The molecule has 5 nitrogen and oxygen atoms in total. The summed E-state index contributed by atoms with van der Waals surface area (Å²) in [6, 6.07) is 0. The zero-order valence-electron chi connectivity index (χ0n) is 12.0. The largest absolute Gasteiger partial charge is 0.497 e. The van der Waals surface area contributed by atoms with E-state index in [1.54, 1.807) is 32.4 Å². The summed E-state index contributed by atoms with van der Waals surface area (Å²) in [5, 5.41) is 0. The number of ether oxygens (including phenoxy) is 3. The highest BCUT2D eigenvalue weighted by molar-refractivity contribution is 6.34. The van der Waals surface area contributed by atoms with Crippen LogP contribution >= 0.6 is 0 Å². The average Bonchev–Trinajstić information content (AvgIpc) is 2.93. The zero-order chi connectivity index (χ0) is 14.8. The van der Waals surface area contributed by atoms with Crippen LogP contribution in [0.25, 0.3) is 0 Å². The molecular formula is C15H19NO4. The molecule has 0 N–H and O–H groups in total. The lowest BCUT2D eigenvalue weighted by Crippen LogP contribution is -1.96. The van der Waals surface area contributed by atoms with Crippen molar-refractivity contribution in [2.45, 2.75) is 6.92 Å². The van der Waals surface area contributed by atoms with Crippen LogP contribution in [0.1, 0.15) is 6.92 Å². The molecule has 0 aromatic carbocycles. The predicted octanol–water partition coefficient (Wildman–Crippen LogP) is 2.18. The van der Waals surface area contributed by atoms with E-state index in [0.29, 0.717) is 30.4 Å². The SMILES string of the molecule is C\C=C/C(OC)=C(\C=C\OCC1=CC(C=O)=NC1)OC. The average molecular weight is 277 g/mol. The van der Waals surface area contributed by atoms with E-state index < -0.39 is 0 Å². The minimum Gasteiger partial charge on any atom is -0.497 e. The molecule has 0 saturated heterocycles. The number of aliphatic imine (C=N–C) groups is 1. The molecule has 5 heteroatoms. The van der Waals surface area contributed by atoms with Crippen molar-refractivity contribution in [3.63, 3.8) is 0 Å². The Bertz CT molecular complexity index is 484. The third-order valence-corrected chi connectivity index (χ3v) is 2.52. The maximum absolute atomic E-state index is 10.5. The minimum absolute atomic E-state index is 0.389. The van der Waals surface area contributed by atoms with E-state index in [2.05, 4.69) is 4.99 Å². The van der Waals surface area contributed by atoms with Crippen LogP contribution < -0.4 is 0 Å². The van der Waals surface area contributed by atoms with Gasteiger partial charge in [-0.1, -0.05) is 6.08 Å². The van der Waals surface area contributed by atoms with Crippen molar-refractivity contribution >= 4 is 12.0 Å². The first kappa shape index (κ1) is 15.8. The van der Waals surface area contributed by atoms with Crippen molar-refractivity contribution in [3.8, 4) is 0 Å². The van der Waals surface area contributed by atoms with Gasteiger partial charge in [-0.2, -0.15) is 0 Å². The normalized spacial score (nSPS) is 15.9. The molecule has 0 bridgehead atoms. The summed E-state index contributed by atoms with van der Waals surface area (Å²) in [6.45, 7) is 2.79. The first-order valence-electron chi connectivity index (χ1n) is 6.17. The number of hydrogen-bond acceptors (Lipinski definition) is 5. The van der Waals surface area contributed by atoms with Gasteiger partial charge in [-0.15, -0.1) is 0 Å². The second-order valence-electron chi connectivity index (χ2n) is 3.91. The predicted molar refractivity (Wildman–Crippen MR) is 77.4 cm³/mol. The van der Waals surface area contributed by atoms with Crippen molar-refractivity contribution in [1.82, 2.24) is 0 Å². The first-order chi connectivity index (χ1) is 9.74. The van der Waals surface area contributed by atoms with Gasteiger partial charge in [0.2, 0.25) is 0 Å². The van der Waals surface area contributed by atoms with Gasteiger partial charge in [0, 0.05) is 6.08 Å². The Morgan fingerprint density at radius 1 is 1.30 bits per heavy atom. The molecule has 0 aromatic rings. The lowest BCUT2D eigenvalue weighted by atomic mass is 10.2. The maximum atomic E-state index is 10.5. The molecule has 0 amide bonds.